The average Bonchev–Trinajstić information content (AvgIpc) is 2.62. The first-order valence-electron chi connectivity index (χ1n) is 4.18. The van der Waals surface area contributed by atoms with Crippen molar-refractivity contribution in [2.24, 2.45) is 0 Å². The minimum atomic E-state index is -0.380. The van der Waals surface area contributed by atoms with Gasteiger partial charge in [-0.2, -0.15) is 0 Å². The van der Waals surface area contributed by atoms with E-state index in [1.807, 2.05) is 12.1 Å². The van der Waals surface area contributed by atoms with Crippen molar-refractivity contribution in [1.82, 2.24) is 4.98 Å². The molecule has 72 valence electrons. The molecule has 0 fully saturated rings. The molecule has 0 atom stereocenters. The van der Waals surface area contributed by atoms with E-state index in [2.05, 4.69) is 9.72 Å². The van der Waals surface area contributed by atoms with E-state index in [1.165, 1.54) is 7.11 Å². The summed E-state index contributed by atoms with van der Waals surface area (Å²) in [6, 6.07) is 5.44. The normalized spacial score (nSPS) is 10.4. The molecule has 14 heavy (non-hydrogen) atoms. The largest absolute Gasteiger partial charge is 0.465 e. The Morgan fingerprint density at radius 3 is 3.00 bits per heavy atom. The van der Waals surface area contributed by atoms with Crippen molar-refractivity contribution < 1.29 is 9.53 Å². The molecule has 1 aromatic heterocycles. The van der Waals surface area contributed by atoms with Crippen LogP contribution in [0.3, 0.4) is 0 Å². The number of carbonyl (C=O) groups excluding carboxylic acids is 1. The van der Waals surface area contributed by atoms with Gasteiger partial charge in [-0.1, -0.05) is 6.07 Å². The van der Waals surface area contributed by atoms with Gasteiger partial charge in [-0.25, -0.2) is 4.79 Å². The lowest BCUT2D eigenvalue weighted by molar-refractivity contribution is 0.0603. The predicted molar refractivity (Wildman–Crippen MR) is 54.1 cm³/mol. The van der Waals surface area contributed by atoms with Gasteiger partial charge in [0, 0.05) is 22.8 Å². The lowest BCUT2D eigenvalue weighted by atomic mass is 10.1. The number of hydrogen-bond donors (Lipinski definition) is 2. The molecule has 4 heteroatoms. The van der Waals surface area contributed by atoms with Crippen LogP contribution in [0.15, 0.2) is 24.4 Å². The Kier molecular flexibility index (Phi) is 1.89. The zero-order chi connectivity index (χ0) is 10.1. The van der Waals surface area contributed by atoms with Crippen LogP contribution >= 0.6 is 0 Å². The average molecular weight is 190 g/mol. The van der Waals surface area contributed by atoms with Crippen LogP contribution in [0.4, 0.5) is 5.69 Å². The molecular weight excluding hydrogens is 180 g/mol. The molecule has 0 saturated carbocycles. The van der Waals surface area contributed by atoms with Crippen molar-refractivity contribution in [2.75, 3.05) is 12.8 Å². The van der Waals surface area contributed by atoms with Crippen LogP contribution in [0.2, 0.25) is 0 Å². The highest BCUT2D eigenvalue weighted by molar-refractivity contribution is 6.08. The number of fused-ring (bicyclic) bond motifs is 1. The van der Waals surface area contributed by atoms with Gasteiger partial charge in [0.25, 0.3) is 0 Å². The van der Waals surface area contributed by atoms with Crippen molar-refractivity contribution in [3.63, 3.8) is 0 Å². The second-order valence-electron chi connectivity index (χ2n) is 2.96. The number of rotatable bonds is 1. The van der Waals surface area contributed by atoms with E-state index in [4.69, 9.17) is 5.73 Å². The van der Waals surface area contributed by atoms with Crippen LogP contribution < -0.4 is 5.73 Å². The minimum Gasteiger partial charge on any atom is -0.465 e. The van der Waals surface area contributed by atoms with E-state index in [0.29, 0.717) is 11.3 Å². The van der Waals surface area contributed by atoms with Crippen LogP contribution in [0.1, 0.15) is 10.4 Å². The smallest absolute Gasteiger partial charge is 0.340 e. The van der Waals surface area contributed by atoms with E-state index in [0.717, 1.165) is 10.9 Å². The summed E-state index contributed by atoms with van der Waals surface area (Å²) in [7, 11) is 1.35. The lowest BCUT2D eigenvalue weighted by Gasteiger charge is -1.99. The van der Waals surface area contributed by atoms with E-state index in [-0.39, 0.29) is 5.97 Å². The third kappa shape index (κ3) is 1.12. The molecule has 4 nitrogen and oxygen atoms in total. The van der Waals surface area contributed by atoms with Gasteiger partial charge in [-0.15, -0.1) is 0 Å². The quantitative estimate of drug-likeness (QED) is 0.529. The number of carbonyl (C=O) groups is 1. The van der Waals surface area contributed by atoms with Gasteiger partial charge in [-0.3, -0.25) is 0 Å². The number of H-pyrrole nitrogens is 1. The Balaban J connectivity index is 2.73. The Hall–Kier alpha value is -1.97. The molecule has 2 aromatic rings. The van der Waals surface area contributed by atoms with Gasteiger partial charge >= 0.3 is 5.97 Å². The lowest BCUT2D eigenvalue weighted by Crippen LogP contribution is -2.00. The van der Waals surface area contributed by atoms with Gasteiger partial charge in [0.05, 0.1) is 12.7 Å². The third-order valence-corrected chi connectivity index (χ3v) is 2.14. The summed E-state index contributed by atoms with van der Waals surface area (Å²) in [6.07, 6.45) is 1.60. The summed E-state index contributed by atoms with van der Waals surface area (Å²) in [4.78, 5) is 14.3. The van der Waals surface area contributed by atoms with Crippen LogP contribution in [0, 0.1) is 0 Å². The fraction of sp³-hybridized carbons (Fsp3) is 0.100. The fourth-order valence-corrected chi connectivity index (χ4v) is 1.48. The molecule has 1 heterocycles. The molecule has 0 bridgehead atoms. The number of anilines is 1. The molecule has 2 rings (SSSR count). The molecule has 0 unspecified atom stereocenters. The van der Waals surface area contributed by atoms with Crippen LogP contribution in [-0.4, -0.2) is 18.1 Å². The SMILES string of the molecule is COC(=O)c1c[nH]c2cccc(N)c12. The monoisotopic (exact) mass is 190 g/mol. The van der Waals surface area contributed by atoms with Gasteiger partial charge < -0.3 is 15.5 Å². The van der Waals surface area contributed by atoms with Crippen molar-refractivity contribution in [1.29, 1.82) is 0 Å². The molecule has 0 amide bonds. The number of esters is 1. The second kappa shape index (κ2) is 3.06. The highest BCUT2D eigenvalue weighted by Crippen LogP contribution is 2.24. The van der Waals surface area contributed by atoms with Crippen molar-refractivity contribution >= 4 is 22.6 Å². The maximum absolute atomic E-state index is 11.3. The van der Waals surface area contributed by atoms with E-state index in [9.17, 15) is 4.79 Å². The molecule has 3 N–H and O–H groups in total. The Bertz CT molecular complexity index is 488. The van der Waals surface area contributed by atoms with Crippen LogP contribution in [0.5, 0.6) is 0 Å². The summed E-state index contributed by atoms with van der Waals surface area (Å²) in [5, 5.41) is 0.722. The number of nitrogens with two attached hydrogens (primary N) is 1. The minimum absolute atomic E-state index is 0.380. The first-order valence-corrected chi connectivity index (χ1v) is 4.18. The van der Waals surface area contributed by atoms with Gasteiger partial charge in [0.2, 0.25) is 0 Å². The summed E-state index contributed by atoms with van der Waals surface area (Å²) < 4.78 is 4.64. The fourth-order valence-electron chi connectivity index (χ4n) is 1.48. The number of aromatic nitrogens is 1. The summed E-state index contributed by atoms with van der Waals surface area (Å²) in [5.41, 5.74) is 7.65. The molecule has 0 radical (unpaired) electrons. The highest BCUT2D eigenvalue weighted by atomic mass is 16.5. The Morgan fingerprint density at radius 2 is 2.29 bits per heavy atom. The zero-order valence-corrected chi connectivity index (χ0v) is 7.70. The molecule has 0 aliphatic rings. The maximum Gasteiger partial charge on any atom is 0.340 e. The number of methoxy groups -OCH3 is 1. The van der Waals surface area contributed by atoms with Gasteiger partial charge in [0.15, 0.2) is 0 Å². The third-order valence-electron chi connectivity index (χ3n) is 2.14. The molecule has 0 saturated heterocycles. The van der Waals surface area contributed by atoms with Gasteiger partial charge in [-0.05, 0) is 12.1 Å². The maximum atomic E-state index is 11.3. The van der Waals surface area contributed by atoms with E-state index < -0.39 is 0 Å². The standard InChI is InChI=1S/C10H10N2O2/c1-14-10(13)6-5-12-8-4-2-3-7(11)9(6)8/h2-5,12H,11H2,1H3. The number of nitrogen functional groups attached to an aromatic ring is 1. The van der Waals surface area contributed by atoms with E-state index >= 15 is 0 Å². The summed E-state index contributed by atoms with van der Waals surface area (Å²) >= 11 is 0. The van der Waals surface area contributed by atoms with Crippen molar-refractivity contribution in [3.8, 4) is 0 Å². The van der Waals surface area contributed by atoms with Crippen molar-refractivity contribution in [3.05, 3.63) is 30.0 Å². The molecule has 0 aliphatic heterocycles. The first-order chi connectivity index (χ1) is 6.74. The number of aromatic amines is 1. The number of ether oxygens (including phenoxy) is 1. The second-order valence-corrected chi connectivity index (χ2v) is 2.96. The highest BCUT2D eigenvalue weighted by Gasteiger charge is 2.13. The molecule has 0 spiro atoms. The van der Waals surface area contributed by atoms with Crippen molar-refractivity contribution in [2.45, 2.75) is 0 Å². The molecular formula is C10H10N2O2. The summed E-state index contributed by atoms with van der Waals surface area (Å²) in [5.74, 6) is -0.380. The first kappa shape index (κ1) is 8.62. The molecule has 0 aliphatic carbocycles. The van der Waals surface area contributed by atoms with Crippen LogP contribution in [0.25, 0.3) is 10.9 Å². The number of nitrogens with one attached hydrogen (secondary N) is 1. The topological polar surface area (TPSA) is 68.1 Å². The number of benzene rings is 1. The molecule has 1 aromatic carbocycles. The number of hydrogen-bond acceptors (Lipinski definition) is 3. The zero-order valence-electron chi connectivity index (χ0n) is 7.70. The Labute approximate surface area is 80.7 Å². The van der Waals surface area contributed by atoms with Gasteiger partial charge in [0.1, 0.15) is 0 Å². The van der Waals surface area contributed by atoms with Crippen LogP contribution in [-0.2, 0) is 4.74 Å². The van der Waals surface area contributed by atoms with E-state index in [1.54, 1.807) is 12.3 Å². The summed E-state index contributed by atoms with van der Waals surface area (Å²) in [6.45, 7) is 0. The Morgan fingerprint density at radius 1 is 1.50 bits per heavy atom. The predicted octanol–water partition coefficient (Wildman–Crippen LogP) is 1.54.